The van der Waals surface area contributed by atoms with Crippen molar-refractivity contribution >= 4 is 23.2 Å². The zero-order valence-corrected chi connectivity index (χ0v) is 15.2. The summed E-state index contributed by atoms with van der Waals surface area (Å²) in [5.41, 5.74) is 1.15. The highest BCUT2D eigenvalue weighted by Gasteiger charge is 2.47. The Kier molecular flexibility index (Phi) is 4.51. The number of benzene rings is 1. The Morgan fingerprint density at radius 1 is 1.00 bits per heavy atom. The lowest BCUT2D eigenvalue weighted by atomic mass is 9.54. The lowest BCUT2D eigenvalue weighted by Crippen LogP contribution is -2.54. The van der Waals surface area contributed by atoms with Gasteiger partial charge in [0.05, 0.1) is 16.7 Å². The fraction of sp³-hybridized carbons (Fsp3) is 0.684. The van der Waals surface area contributed by atoms with Crippen molar-refractivity contribution in [3.63, 3.8) is 0 Å². The summed E-state index contributed by atoms with van der Waals surface area (Å²) in [5.74, 6) is 4.42. The number of nitrogens with one attached hydrogen (secondary N) is 1. The number of rotatable bonds is 5. The van der Waals surface area contributed by atoms with E-state index in [1.165, 1.54) is 32.1 Å². The van der Waals surface area contributed by atoms with Crippen LogP contribution in [-0.2, 0) is 6.54 Å². The summed E-state index contributed by atoms with van der Waals surface area (Å²) in [4.78, 5) is 0. The summed E-state index contributed by atoms with van der Waals surface area (Å²) >= 11 is 12.6. The van der Waals surface area contributed by atoms with E-state index in [9.17, 15) is 0 Å². The van der Waals surface area contributed by atoms with Gasteiger partial charge in [-0.1, -0.05) is 23.2 Å². The molecule has 0 amide bonds. The Hall–Kier alpha value is -0.440. The Balaban J connectivity index is 1.43. The summed E-state index contributed by atoms with van der Waals surface area (Å²) in [6.45, 7) is 3.36. The van der Waals surface area contributed by atoms with Gasteiger partial charge in [0.15, 0.2) is 5.75 Å². The molecule has 1 N–H and O–H groups in total. The Morgan fingerprint density at radius 2 is 1.57 bits per heavy atom. The first-order chi connectivity index (χ1) is 11.1. The highest BCUT2D eigenvalue weighted by Crippen LogP contribution is 2.53. The summed E-state index contributed by atoms with van der Waals surface area (Å²) in [6, 6.07) is 4.66. The molecular weight excluding hydrogens is 329 g/mol. The van der Waals surface area contributed by atoms with Crippen LogP contribution in [0.2, 0.25) is 10.0 Å². The van der Waals surface area contributed by atoms with Crippen LogP contribution in [-0.4, -0.2) is 12.6 Å². The molecule has 4 aliphatic carbocycles. The van der Waals surface area contributed by atoms with Gasteiger partial charge in [0.25, 0.3) is 0 Å². The summed E-state index contributed by atoms with van der Waals surface area (Å²) in [6.07, 6.45) is 7.26. The van der Waals surface area contributed by atoms with E-state index in [0.717, 1.165) is 35.8 Å². The molecule has 4 heteroatoms. The van der Waals surface area contributed by atoms with E-state index >= 15 is 0 Å². The minimum Gasteiger partial charge on any atom is -0.491 e. The van der Waals surface area contributed by atoms with Gasteiger partial charge in [0.1, 0.15) is 0 Å². The van der Waals surface area contributed by atoms with Crippen LogP contribution in [0.15, 0.2) is 12.1 Å². The van der Waals surface area contributed by atoms with Gasteiger partial charge in [-0.15, -0.1) is 0 Å². The van der Waals surface area contributed by atoms with Crippen molar-refractivity contribution < 1.29 is 4.74 Å². The summed E-state index contributed by atoms with van der Waals surface area (Å²) < 4.78 is 5.51. The predicted molar refractivity (Wildman–Crippen MR) is 95.3 cm³/mol. The summed E-state index contributed by atoms with van der Waals surface area (Å²) in [5, 5.41) is 5.05. The first-order valence-corrected chi connectivity index (χ1v) is 9.73. The average Bonchev–Trinajstić information content (AvgIpc) is 2.49. The smallest absolute Gasteiger partial charge is 0.156 e. The lowest BCUT2D eigenvalue weighted by molar-refractivity contribution is -0.0142. The van der Waals surface area contributed by atoms with Crippen molar-refractivity contribution in [2.45, 2.75) is 51.6 Å². The van der Waals surface area contributed by atoms with Gasteiger partial charge in [0, 0.05) is 12.6 Å². The van der Waals surface area contributed by atoms with E-state index < -0.39 is 0 Å². The second-order valence-corrected chi connectivity index (χ2v) is 8.47. The third-order valence-electron chi connectivity index (χ3n) is 6.12. The number of halogens is 2. The van der Waals surface area contributed by atoms with E-state index in [1.807, 2.05) is 19.1 Å². The van der Waals surface area contributed by atoms with E-state index in [-0.39, 0.29) is 0 Å². The molecule has 2 nitrogen and oxygen atoms in total. The average molecular weight is 354 g/mol. The number of hydrogen-bond acceptors (Lipinski definition) is 2. The molecule has 0 aromatic heterocycles. The van der Waals surface area contributed by atoms with Gasteiger partial charge in [-0.2, -0.15) is 0 Å². The number of ether oxygens (including phenoxy) is 1. The van der Waals surface area contributed by atoms with Crippen LogP contribution in [0.4, 0.5) is 0 Å². The SMILES string of the molecule is CCOc1c(Cl)cc(CNC2C3CC4CC(C3)CC2C4)cc1Cl. The zero-order chi connectivity index (χ0) is 16.0. The largest absolute Gasteiger partial charge is 0.491 e. The third-order valence-corrected chi connectivity index (χ3v) is 6.68. The quantitative estimate of drug-likeness (QED) is 0.774. The van der Waals surface area contributed by atoms with Crippen LogP contribution >= 0.6 is 23.2 Å². The molecule has 0 heterocycles. The predicted octanol–water partition coefficient (Wildman–Crippen LogP) is 5.31. The monoisotopic (exact) mass is 353 g/mol. The normalized spacial score (nSPS) is 34.8. The van der Waals surface area contributed by atoms with Crippen molar-refractivity contribution in [2.24, 2.45) is 23.7 Å². The molecular formula is C19H25Cl2NO. The highest BCUT2D eigenvalue weighted by molar-refractivity contribution is 6.37. The molecule has 126 valence electrons. The van der Waals surface area contributed by atoms with Crippen LogP contribution in [0.25, 0.3) is 0 Å². The van der Waals surface area contributed by atoms with Crippen molar-refractivity contribution in [3.05, 3.63) is 27.7 Å². The topological polar surface area (TPSA) is 21.3 Å². The van der Waals surface area contributed by atoms with Gasteiger partial charge >= 0.3 is 0 Å². The molecule has 4 saturated carbocycles. The van der Waals surface area contributed by atoms with E-state index in [0.29, 0.717) is 28.4 Å². The van der Waals surface area contributed by atoms with Crippen molar-refractivity contribution in [1.29, 1.82) is 0 Å². The molecule has 0 radical (unpaired) electrons. The third kappa shape index (κ3) is 3.10. The molecule has 0 atom stereocenters. The maximum absolute atomic E-state index is 6.32. The van der Waals surface area contributed by atoms with Crippen LogP contribution in [0.5, 0.6) is 5.75 Å². The van der Waals surface area contributed by atoms with E-state index in [1.54, 1.807) is 0 Å². The van der Waals surface area contributed by atoms with Crippen molar-refractivity contribution in [2.75, 3.05) is 6.61 Å². The lowest BCUT2D eigenvalue weighted by Gasteiger charge is -2.54. The van der Waals surface area contributed by atoms with Crippen LogP contribution in [0, 0.1) is 23.7 Å². The second kappa shape index (κ2) is 6.46. The highest BCUT2D eigenvalue weighted by atomic mass is 35.5. The van der Waals surface area contributed by atoms with Gasteiger partial charge in [-0.05, 0) is 80.4 Å². The second-order valence-electron chi connectivity index (χ2n) is 7.66. The molecule has 4 bridgehead atoms. The molecule has 0 spiro atoms. The molecule has 1 aromatic carbocycles. The molecule has 4 aliphatic rings. The summed E-state index contributed by atoms with van der Waals surface area (Å²) in [7, 11) is 0. The standard InChI is InChI=1S/C19H25Cl2NO/c1-2-23-19-16(20)8-13(9-17(19)21)10-22-18-14-4-11-3-12(6-14)7-15(18)5-11/h8-9,11-12,14-15,18,22H,2-7,10H2,1H3. The molecule has 23 heavy (non-hydrogen) atoms. The zero-order valence-electron chi connectivity index (χ0n) is 13.7. The molecule has 0 saturated heterocycles. The maximum atomic E-state index is 6.32. The van der Waals surface area contributed by atoms with Crippen LogP contribution < -0.4 is 10.1 Å². The van der Waals surface area contributed by atoms with Gasteiger partial charge < -0.3 is 10.1 Å². The minimum absolute atomic E-state index is 0.574. The first-order valence-electron chi connectivity index (χ1n) is 8.98. The molecule has 5 rings (SSSR count). The molecule has 4 fully saturated rings. The van der Waals surface area contributed by atoms with Gasteiger partial charge in [-0.25, -0.2) is 0 Å². The van der Waals surface area contributed by atoms with Gasteiger partial charge in [0.2, 0.25) is 0 Å². The van der Waals surface area contributed by atoms with Crippen molar-refractivity contribution in [3.8, 4) is 5.75 Å². The van der Waals surface area contributed by atoms with Crippen LogP contribution in [0.3, 0.4) is 0 Å². The van der Waals surface area contributed by atoms with Crippen LogP contribution in [0.1, 0.15) is 44.6 Å². The fourth-order valence-electron chi connectivity index (χ4n) is 5.49. The van der Waals surface area contributed by atoms with E-state index in [2.05, 4.69) is 5.32 Å². The fourth-order valence-corrected chi connectivity index (χ4v) is 6.13. The Morgan fingerprint density at radius 3 is 2.09 bits per heavy atom. The van der Waals surface area contributed by atoms with Gasteiger partial charge in [-0.3, -0.25) is 0 Å². The Labute approximate surface area is 148 Å². The molecule has 0 aliphatic heterocycles. The molecule has 0 unspecified atom stereocenters. The van der Waals surface area contributed by atoms with E-state index in [4.69, 9.17) is 27.9 Å². The maximum Gasteiger partial charge on any atom is 0.156 e. The molecule has 1 aromatic rings. The number of hydrogen-bond donors (Lipinski definition) is 1. The van der Waals surface area contributed by atoms with Crippen molar-refractivity contribution in [1.82, 2.24) is 5.32 Å². The Bertz CT molecular complexity index is 538. The minimum atomic E-state index is 0.574. The first kappa shape index (κ1) is 16.1.